The Morgan fingerprint density at radius 1 is 1.08 bits per heavy atom. The van der Waals surface area contributed by atoms with Crippen LogP contribution in [-0.2, 0) is 16.4 Å². The molecule has 0 atom stereocenters. The van der Waals surface area contributed by atoms with Gasteiger partial charge in [-0.1, -0.05) is 29.8 Å². The number of pyridine rings is 1. The molecule has 0 bridgehead atoms. The molecule has 1 aliphatic heterocycles. The normalized spacial score (nSPS) is 16.9. The standard InChI is InChI=1S/C17H19ClFN3O2S/c18-17-6-5-15(13-20-17)25(23,24)22-11-9-21(10-12-22)8-7-14-3-1-2-4-16(14)19/h1-6,13H,7-12H2. The number of sulfonamides is 1. The third-order valence-corrected chi connectivity index (χ3v) is 6.43. The summed E-state index contributed by atoms with van der Waals surface area (Å²) in [6.07, 6.45) is 1.89. The average molecular weight is 384 g/mol. The molecule has 0 unspecified atom stereocenters. The minimum atomic E-state index is -3.55. The summed E-state index contributed by atoms with van der Waals surface area (Å²) >= 11 is 5.71. The molecule has 3 rings (SSSR count). The van der Waals surface area contributed by atoms with E-state index >= 15 is 0 Å². The highest BCUT2D eigenvalue weighted by molar-refractivity contribution is 7.89. The number of halogens is 2. The van der Waals surface area contributed by atoms with E-state index in [1.165, 1.54) is 28.7 Å². The lowest BCUT2D eigenvalue weighted by Crippen LogP contribution is -2.49. The third kappa shape index (κ3) is 4.36. The molecule has 25 heavy (non-hydrogen) atoms. The molecule has 0 N–H and O–H groups in total. The van der Waals surface area contributed by atoms with Gasteiger partial charge in [-0.3, -0.25) is 0 Å². The van der Waals surface area contributed by atoms with Gasteiger partial charge in [0, 0.05) is 38.9 Å². The van der Waals surface area contributed by atoms with Crippen molar-refractivity contribution in [1.29, 1.82) is 0 Å². The SMILES string of the molecule is O=S(=O)(c1ccc(Cl)nc1)N1CCN(CCc2ccccc2F)CC1. The minimum absolute atomic E-state index is 0.150. The Balaban J connectivity index is 1.56. The molecule has 2 heterocycles. The molecule has 0 saturated carbocycles. The Kier molecular flexibility index (Phi) is 5.68. The van der Waals surface area contributed by atoms with Crippen LogP contribution in [0.4, 0.5) is 4.39 Å². The summed E-state index contributed by atoms with van der Waals surface area (Å²) in [5, 5.41) is 0.261. The Morgan fingerprint density at radius 2 is 1.80 bits per heavy atom. The zero-order chi connectivity index (χ0) is 17.9. The van der Waals surface area contributed by atoms with Gasteiger partial charge in [-0.05, 0) is 30.2 Å². The number of hydrogen-bond acceptors (Lipinski definition) is 4. The lowest BCUT2D eigenvalue weighted by atomic mass is 10.1. The fourth-order valence-electron chi connectivity index (χ4n) is 2.84. The summed E-state index contributed by atoms with van der Waals surface area (Å²) in [6.45, 7) is 2.76. The Labute approximate surface area is 152 Å². The van der Waals surface area contributed by atoms with Crippen molar-refractivity contribution in [1.82, 2.24) is 14.2 Å². The number of rotatable bonds is 5. The van der Waals surface area contributed by atoms with Gasteiger partial charge < -0.3 is 4.90 Å². The van der Waals surface area contributed by atoms with Crippen LogP contribution in [0.1, 0.15) is 5.56 Å². The second-order valence-corrected chi connectivity index (χ2v) is 8.23. The summed E-state index contributed by atoms with van der Waals surface area (Å²) in [4.78, 5) is 6.14. The Hall–Kier alpha value is -1.54. The fraction of sp³-hybridized carbons (Fsp3) is 0.353. The molecule has 0 spiro atoms. The van der Waals surface area contributed by atoms with E-state index in [1.54, 1.807) is 12.1 Å². The van der Waals surface area contributed by atoms with E-state index in [4.69, 9.17) is 11.6 Å². The molecular formula is C17H19ClFN3O2S. The number of hydrogen-bond donors (Lipinski definition) is 0. The summed E-state index contributed by atoms with van der Waals surface area (Å²) < 4.78 is 40.3. The zero-order valence-electron chi connectivity index (χ0n) is 13.6. The van der Waals surface area contributed by atoms with Gasteiger partial charge >= 0.3 is 0 Å². The van der Waals surface area contributed by atoms with E-state index in [9.17, 15) is 12.8 Å². The van der Waals surface area contributed by atoms with Crippen molar-refractivity contribution in [3.8, 4) is 0 Å². The van der Waals surface area contributed by atoms with Crippen LogP contribution in [0, 0.1) is 5.82 Å². The molecule has 1 aromatic heterocycles. The highest BCUT2D eigenvalue weighted by atomic mass is 35.5. The van der Waals surface area contributed by atoms with Crippen LogP contribution in [0.2, 0.25) is 5.15 Å². The second-order valence-electron chi connectivity index (χ2n) is 5.90. The van der Waals surface area contributed by atoms with E-state index in [1.807, 2.05) is 6.07 Å². The lowest BCUT2D eigenvalue weighted by Gasteiger charge is -2.33. The third-order valence-electron chi connectivity index (χ3n) is 4.32. The van der Waals surface area contributed by atoms with Crippen LogP contribution in [-0.4, -0.2) is 55.3 Å². The van der Waals surface area contributed by atoms with Crippen LogP contribution in [0.5, 0.6) is 0 Å². The highest BCUT2D eigenvalue weighted by Gasteiger charge is 2.28. The van der Waals surface area contributed by atoms with Crippen LogP contribution in [0.15, 0.2) is 47.5 Å². The monoisotopic (exact) mass is 383 g/mol. The first-order valence-corrected chi connectivity index (χ1v) is 9.86. The molecule has 1 fully saturated rings. The maximum Gasteiger partial charge on any atom is 0.244 e. The zero-order valence-corrected chi connectivity index (χ0v) is 15.2. The van der Waals surface area contributed by atoms with E-state index in [0.717, 1.165) is 0 Å². The summed E-state index contributed by atoms with van der Waals surface area (Å²) in [7, 11) is -3.55. The van der Waals surface area contributed by atoms with Crippen LogP contribution in [0.25, 0.3) is 0 Å². The van der Waals surface area contributed by atoms with Crippen molar-refractivity contribution >= 4 is 21.6 Å². The summed E-state index contributed by atoms with van der Waals surface area (Å²) in [5.74, 6) is -0.195. The number of nitrogens with zero attached hydrogens (tertiary/aromatic N) is 3. The molecule has 5 nitrogen and oxygen atoms in total. The molecule has 134 valence electrons. The predicted octanol–water partition coefficient (Wildman–Crippen LogP) is 2.42. The van der Waals surface area contributed by atoms with E-state index in [0.29, 0.717) is 44.7 Å². The molecular weight excluding hydrogens is 365 g/mol. The molecule has 1 aromatic carbocycles. The maximum absolute atomic E-state index is 13.7. The molecule has 2 aromatic rings. The van der Waals surface area contributed by atoms with Crippen molar-refractivity contribution in [2.24, 2.45) is 0 Å². The van der Waals surface area contributed by atoms with Crippen molar-refractivity contribution in [3.63, 3.8) is 0 Å². The Morgan fingerprint density at radius 3 is 2.44 bits per heavy atom. The summed E-state index contributed by atoms with van der Waals surface area (Å²) in [6, 6.07) is 9.68. The predicted molar refractivity (Wildman–Crippen MR) is 94.5 cm³/mol. The molecule has 0 aliphatic carbocycles. The first-order chi connectivity index (χ1) is 12.0. The van der Waals surface area contributed by atoms with Crippen molar-refractivity contribution in [2.45, 2.75) is 11.3 Å². The van der Waals surface area contributed by atoms with Gasteiger partial charge in [-0.25, -0.2) is 17.8 Å². The quantitative estimate of drug-likeness (QED) is 0.744. The van der Waals surface area contributed by atoms with Gasteiger partial charge in [0.2, 0.25) is 10.0 Å². The average Bonchev–Trinajstić information content (AvgIpc) is 2.62. The van der Waals surface area contributed by atoms with Gasteiger partial charge in [0.05, 0.1) is 0 Å². The molecule has 0 amide bonds. The van der Waals surface area contributed by atoms with Gasteiger partial charge in [-0.2, -0.15) is 4.31 Å². The van der Waals surface area contributed by atoms with Crippen molar-refractivity contribution in [3.05, 3.63) is 59.1 Å². The van der Waals surface area contributed by atoms with Gasteiger partial charge in [-0.15, -0.1) is 0 Å². The number of benzene rings is 1. The molecule has 1 aliphatic rings. The van der Waals surface area contributed by atoms with E-state index in [2.05, 4.69) is 9.88 Å². The number of piperazine rings is 1. The fourth-order valence-corrected chi connectivity index (χ4v) is 4.32. The topological polar surface area (TPSA) is 53.5 Å². The van der Waals surface area contributed by atoms with Gasteiger partial charge in [0.25, 0.3) is 0 Å². The molecule has 0 radical (unpaired) electrons. The van der Waals surface area contributed by atoms with Crippen LogP contribution in [0.3, 0.4) is 0 Å². The molecule has 1 saturated heterocycles. The second kappa shape index (κ2) is 7.78. The largest absolute Gasteiger partial charge is 0.300 e. The van der Waals surface area contributed by atoms with Gasteiger partial charge in [0.15, 0.2) is 0 Å². The van der Waals surface area contributed by atoms with Crippen molar-refractivity contribution in [2.75, 3.05) is 32.7 Å². The van der Waals surface area contributed by atoms with Gasteiger partial charge in [0.1, 0.15) is 15.9 Å². The van der Waals surface area contributed by atoms with E-state index in [-0.39, 0.29) is 15.9 Å². The number of aromatic nitrogens is 1. The van der Waals surface area contributed by atoms with Crippen LogP contribution < -0.4 is 0 Å². The van der Waals surface area contributed by atoms with E-state index < -0.39 is 10.0 Å². The highest BCUT2D eigenvalue weighted by Crippen LogP contribution is 2.18. The summed E-state index contributed by atoms with van der Waals surface area (Å²) in [5.41, 5.74) is 0.685. The van der Waals surface area contributed by atoms with Crippen LogP contribution >= 0.6 is 11.6 Å². The van der Waals surface area contributed by atoms with Crippen molar-refractivity contribution < 1.29 is 12.8 Å². The lowest BCUT2D eigenvalue weighted by molar-refractivity contribution is 0.189. The Bertz CT molecular complexity index is 822. The maximum atomic E-state index is 13.7. The smallest absolute Gasteiger partial charge is 0.244 e. The first kappa shape index (κ1) is 18.3. The minimum Gasteiger partial charge on any atom is -0.300 e. The first-order valence-electron chi connectivity index (χ1n) is 8.04. The molecule has 8 heteroatoms.